The number of carboxylic acid groups (broad SMARTS) is 1. The number of ether oxygens (including phenoxy) is 1. The summed E-state index contributed by atoms with van der Waals surface area (Å²) in [5, 5.41) is 12.1. The highest BCUT2D eigenvalue weighted by Gasteiger charge is 2.43. The molecule has 2 aromatic carbocycles. The Hall–Kier alpha value is -2.66. The molecule has 0 aromatic heterocycles. The number of carbonyl (C=O) groups is 2. The van der Waals surface area contributed by atoms with Gasteiger partial charge >= 0.3 is 5.97 Å². The summed E-state index contributed by atoms with van der Waals surface area (Å²) in [5.74, 6) is -1.25. The number of amides is 1. The van der Waals surface area contributed by atoms with Gasteiger partial charge in [-0.15, -0.1) is 0 Å². The monoisotopic (exact) mass is 365 g/mol. The molecule has 27 heavy (non-hydrogen) atoms. The number of aliphatic carboxylic acids is 1. The van der Waals surface area contributed by atoms with Crippen LogP contribution in [-0.2, 0) is 27.2 Å². The van der Waals surface area contributed by atoms with Crippen molar-refractivity contribution in [2.75, 3.05) is 13.2 Å². The third-order valence-corrected chi connectivity index (χ3v) is 5.54. The van der Waals surface area contributed by atoms with Crippen LogP contribution in [0.15, 0.2) is 42.5 Å². The summed E-state index contributed by atoms with van der Waals surface area (Å²) in [5.41, 5.74) is 5.26. The van der Waals surface area contributed by atoms with Crippen molar-refractivity contribution < 1.29 is 19.4 Å². The van der Waals surface area contributed by atoms with Crippen molar-refractivity contribution in [3.63, 3.8) is 0 Å². The summed E-state index contributed by atoms with van der Waals surface area (Å²) in [6.45, 7) is 0.404. The lowest BCUT2D eigenvalue weighted by molar-refractivity contribution is -0.147. The Balaban J connectivity index is 1.35. The number of nitrogens with one attached hydrogen (secondary N) is 1. The van der Waals surface area contributed by atoms with Crippen molar-refractivity contribution in [3.05, 3.63) is 59.2 Å². The van der Waals surface area contributed by atoms with Crippen LogP contribution in [0, 0.1) is 0 Å². The highest BCUT2D eigenvalue weighted by molar-refractivity contribution is 5.87. The molecule has 1 saturated heterocycles. The Bertz CT molecular complexity index is 884. The fourth-order valence-electron chi connectivity index (χ4n) is 3.99. The van der Waals surface area contributed by atoms with Gasteiger partial charge in [-0.3, -0.25) is 4.79 Å². The van der Waals surface area contributed by atoms with Gasteiger partial charge in [-0.1, -0.05) is 42.5 Å². The quantitative estimate of drug-likeness (QED) is 0.704. The third kappa shape index (κ3) is 3.47. The van der Waals surface area contributed by atoms with Gasteiger partial charge in [0.05, 0.1) is 6.61 Å². The van der Waals surface area contributed by atoms with E-state index >= 15 is 0 Å². The number of benzene rings is 2. The van der Waals surface area contributed by atoms with E-state index in [0.717, 1.165) is 12.8 Å². The molecule has 1 atom stereocenters. The molecule has 0 radical (unpaired) electrons. The molecule has 1 unspecified atom stereocenters. The first kappa shape index (κ1) is 17.7. The lowest BCUT2D eigenvalue weighted by atomic mass is 9.98. The molecule has 5 heteroatoms. The molecule has 4 rings (SSSR count). The zero-order valence-corrected chi connectivity index (χ0v) is 15.2. The van der Waals surface area contributed by atoms with Crippen LogP contribution < -0.4 is 5.32 Å². The van der Waals surface area contributed by atoms with Crippen molar-refractivity contribution in [1.29, 1.82) is 0 Å². The SMILES string of the molecule is O=C(CCCc1ccc2c(c1)-c1ccccc1C2)NC1(C(=O)O)CCOC1. The van der Waals surface area contributed by atoms with Crippen molar-refractivity contribution in [2.45, 2.75) is 37.6 Å². The molecule has 5 nitrogen and oxygen atoms in total. The highest BCUT2D eigenvalue weighted by atomic mass is 16.5. The van der Waals surface area contributed by atoms with E-state index < -0.39 is 11.5 Å². The van der Waals surface area contributed by atoms with E-state index in [1.807, 2.05) is 0 Å². The van der Waals surface area contributed by atoms with Gasteiger partial charge in [0.25, 0.3) is 0 Å². The molecule has 0 bridgehead atoms. The van der Waals surface area contributed by atoms with Gasteiger partial charge in [0, 0.05) is 19.4 Å². The fraction of sp³-hybridized carbons (Fsp3) is 0.364. The van der Waals surface area contributed by atoms with Crippen LogP contribution in [-0.4, -0.2) is 35.7 Å². The Morgan fingerprint density at radius 1 is 1.11 bits per heavy atom. The minimum atomic E-state index is -1.26. The predicted octanol–water partition coefficient (Wildman–Crippen LogP) is 2.94. The average molecular weight is 365 g/mol. The number of hydrogen-bond donors (Lipinski definition) is 2. The Labute approximate surface area is 158 Å². The number of aryl methyl sites for hydroxylation is 1. The van der Waals surface area contributed by atoms with E-state index in [0.29, 0.717) is 25.9 Å². The molecule has 1 heterocycles. The average Bonchev–Trinajstić information content (AvgIpc) is 3.27. The lowest BCUT2D eigenvalue weighted by Crippen LogP contribution is -2.55. The van der Waals surface area contributed by atoms with Crippen LogP contribution in [0.4, 0.5) is 0 Å². The largest absolute Gasteiger partial charge is 0.479 e. The van der Waals surface area contributed by atoms with Crippen LogP contribution in [0.5, 0.6) is 0 Å². The Kier molecular flexibility index (Phi) is 4.70. The van der Waals surface area contributed by atoms with E-state index in [4.69, 9.17) is 4.74 Å². The molecular weight excluding hydrogens is 342 g/mol. The maximum Gasteiger partial charge on any atom is 0.331 e. The zero-order valence-electron chi connectivity index (χ0n) is 15.2. The Morgan fingerprint density at radius 3 is 2.70 bits per heavy atom. The zero-order chi connectivity index (χ0) is 18.9. The van der Waals surface area contributed by atoms with Gasteiger partial charge in [0.15, 0.2) is 5.54 Å². The van der Waals surface area contributed by atoms with Crippen LogP contribution >= 0.6 is 0 Å². The maximum atomic E-state index is 12.2. The minimum Gasteiger partial charge on any atom is -0.479 e. The van der Waals surface area contributed by atoms with Gasteiger partial charge in [-0.2, -0.15) is 0 Å². The molecule has 1 fully saturated rings. The number of carboxylic acids is 1. The number of rotatable bonds is 6. The van der Waals surface area contributed by atoms with Crippen molar-refractivity contribution in [1.82, 2.24) is 5.32 Å². The van der Waals surface area contributed by atoms with Crippen LogP contribution in [0.1, 0.15) is 36.0 Å². The summed E-state index contributed by atoms with van der Waals surface area (Å²) >= 11 is 0. The summed E-state index contributed by atoms with van der Waals surface area (Å²) in [6, 6.07) is 15.0. The lowest BCUT2D eigenvalue weighted by Gasteiger charge is -2.23. The van der Waals surface area contributed by atoms with Gasteiger partial charge in [0.2, 0.25) is 5.91 Å². The topological polar surface area (TPSA) is 75.6 Å². The molecule has 2 N–H and O–H groups in total. The standard InChI is InChI=1S/C22H23NO4/c24-20(23-22(21(25)26)10-11-27-14-22)7-3-4-15-8-9-17-13-16-5-1-2-6-18(16)19(17)12-15/h1-2,5-6,8-9,12H,3-4,7,10-11,13-14H2,(H,23,24)(H,25,26). The van der Waals surface area contributed by atoms with E-state index in [1.165, 1.54) is 27.8 Å². The maximum absolute atomic E-state index is 12.2. The molecule has 1 amide bonds. The highest BCUT2D eigenvalue weighted by Crippen LogP contribution is 2.37. The first-order valence-corrected chi connectivity index (χ1v) is 9.40. The van der Waals surface area contributed by atoms with E-state index in [9.17, 15) is 14.7 Å². The molecule has 2 aliphatic rings. The van der Waals surface area contributed by atoms with E-state index in [1.54, 1.807) is 0 Å². The first-order chi connectivity index (χ1) is 13.1. The molecule has 1 aliphatic heterocycles. The first-order valence-electron chi connectivity index (χ1n) is 9.40. The van der Waals surface area contributed by atoms with Crippen molar-refractivity contribution in [2.24, 2.45) is 0 Å². The minimum absolute atomic E-state index is 0.0400. The Morgan fingerprint density at radius 2 is 1.93 bits per heavy atom. The van der Waals surface area contributed by atoms with Crippen LogP contribution in [0.2, 0.25) is 0 Å². The molecule has 1 aliphatic carbocycles. The van der Waals surface area contributed by atoms with E-state index in [2.05, 4.69) is 47.8 Å². The van der Waals surface area contributed by atoms with E-state index in [-0.39, 0.29) is 12.5 Å². The van der Waals surface area contributed by atoms with Gasteiger partial charge < -0.3 is 15.2 Å². The van der Waals surface area contributed by atoms with Gasteiger partial charge in [-0.05, 0) is 47.1 Å². The number of fused-ring (bicyclic) bond motifs is 3. The summed E-state index contributed by atoms with van der Waals surface area (Å²) < 4.78 is 5.17. The number of hydrogen-bond acceptors (Lipinski definition) is 3. The number of carbonyl (C=O) groups excluding carboxylic acids is 1. The second kappa shape index (κ2) is 7.16. The molecule has 2 aromatic rings. The second-order valence-electron chi connectivity index (χ2n) is 7.42. The normalized spacial score (nSPS) is 20.1. The smallest absolute Gasteiger partial charge is 0.331 e. The molecule has 0 saturated carbocycles. The third-order valence-electron chi connectivity index (χ3n) is 5.54. The molecule has 140 valence electrons. The fourth-order valence-corrected chi connectivity index (χ4v) is 3.99. The van der Waals surface area contributed by atoms with Crippen molar-refractivity contribution >= 4 is 11.9 Å². The van der Waals surface area contributed by atoms with Gasteiger partial charge in [-0.25, -0.2) is 4.79 Å². The predicted molar refractivity (Wildman–Crippen MR) is 102 cm³/mol. The molecule has 0 spiro atoms. The molecular formula is C22H23NO4. The summed E-state index contributed by atoms with van der Waals surface area (Å²) in [4.78, 5) is 23.7. The van der Waals surface area contributed by atoms with Crippen LogP contribution in [0.3, 0.4) is 0 Å². The van der Waals surface area contributed by atoms with Crippen molar-refractivity contribution in [3.8, 4) is 11.1 Å². The van der Waals surface area contributed by atoms with Crippen LogP contribution in [0.25, 0.3) is 11.1 Å². The summed E-state index contributed by atoms with van der Waals surface area (Å²) in [7, 11) is 0. The summed E-state index contributed by atoms with van der Waals surface area (Å²) in [6.07, 6.45) is 3.08. The second-order valence-corrected chi connectivity index (χ2v) is 7.42. The van der Waals surface area contributed by atoms with Gasteiger partial charge in [0.1, 0.15) is 0 Å².